The molecule has 1 fully saturated rings. The zero-order valence-electron chi connectivity index (χ0n) is 22.1. The number of amides is 2. The predicted molar refractivity (Wildman–Crippen MR) is 150 cm³/mol. The van der Waals surface area contributed by atoms with Crippen molar-refractivity contribution in [2.45, 2.75) is 38.5 Å². The Balaban J connectivity index is 1.44. The van der Waals surface area contributed by atoms with E-state index in [-0.39, 0.29) is 23.2 Å². The van der Waals surface area contributed by atoms with Crippen molar-refractivity contribution in [1.29, 1.82) is 0 Å². The van der Waals surface area contributed by atoms with Crippen LogP contribution in [-0.4, -0.2) is 72.2 Å². The molecule has 5 rings (SSSR count). The second-order valence-corrected chi connectivity index (χ2v) is 10.8. The first kappa shape index (κ1) is 28.2. The molecule has 0 bridgehead atoms. The average molecular weight is 627 g/mol. The summed E-state index contributed by atoms with van der Waals surface area (Å²) in [5.41, 5.74) is 5.79. The van der Waals surface area contributed by atoms with Crippen LogP contribution in [0, 0.1) is 6.92 Å². The first-order valence-electron chi connectivity index (χ1n) is 12.6. The zero-order chi connectivity index (χ0) is 29.5. The highest BCUT2D eigenvalue weighted by molar-refractivity contribution is 9.10. The van der Waals surface area contributed by atoms with Crippen LogP contribution < -0.4 is 11.1 Å². The number of nitrogens with two attached hydrogens (primary N) is 1. The van der Waals surface area contributed by atoms with Gasteiger partial charge in [-0.1, -0.05) is 12.1 Å². The molecule has 0 radical (unpaired) electrons. The number of nitrogens with zero attached hydrogens (tertiary/aromatic N) is 6. The van der Waals surface area contributed by atoms with Gasteiger partial charge in [0.25, 0.3) is 0 Å². The summed E-state index contributed by atoms with van der Waals surface area (Å²) < 4.78 is 30.7. The number of alkyl halides is 2. The van der Waals surface area contributed by atoms with Gasteiger partial charge in [0.2, 0.25) is 17.8 Å². The smallest absolute Gasteiger partial charge is 0.248 e. The molecule has 1 aliphatic heterocycles. The first-order valence-corrected chi connectivity index (χ1v) is 13.3. The van der Waals surface area contributed by atoms with E-state index >= 15 is 4.39 Å². The van der Waals surface area contributed by atoms with Crippen molar-refractivity contribution in [3.05, 3.63) is 58.6 Å². The number of likely N-dealkylation sites (tertiary alicyclic amines) is 1. The van der Waals surface area contributed by atoms with Crippen LogP contribution in [0.1, 0.15) is 29.4 Å². The maximum atomic E-state index is 15.2. The Hall–Kier alpha value is -4.33. The fourth-order valence-corrected chi connectivity index (χ4v) is 5.12. The van der Waals surface area contributed by atoms with Crippen molar-refractivity contribution in [2.75, 3.05) is 24.3 Å². The second-order valence-electron chi connectivity index (χ2n) is 9.94. The van der Waals surface area contributed by atoms with Gasteiger partial charge in [-0.25, -0.2) is 23.7 Å². The summed E-state index contributed by atoms with van der Waals surface area (Å²) in [5.74, 6) is -1.33. The number of hydrogen-bond acceptors (Lipinski definition) is 8. The maximum absolute atomic E-state index is 15.2. The Morgan fingerprint density at radius 1 is 1.17 bits per heavy atom. The molecule has 0 aliphatic carbocycles. The monoisotopic (exact) mass is 626 g/mol. The lowest BCUT2D eigenvalue weighted by Gasteiger charge is -2.24. The molecular formula is C27H25BrF2N8O3. The minimum atomic E-state index is -2.38. The summed E-state index contributed by atoms with van der Waals surface area (Å²) in [5, 5.41) is 7.46. The third-order valence-corrected chi connectivity index (χ3v) is 7.37. The fraction of sp³-hybridized carbons (Fsp3) is 0.296. The molecule has 1 aromatic carbocycles. The lowest BCUT2D eigenvalue weighted by atomic mass is 10.0. The molecule has 3 aromatic heterocycles. The summed E-state index contributed by atoms with van der Waals surface area (Å²) >= 11 is 3.24. The summed E-state index contributed by atoms with van der Waals surface area (Å²) in [6.45, 7) is 0.713. The fourth-order valence-electron chi connectivity index (χ4n) is 4.81. The number of carbonyl (C=O) groups is 3. The second kappa shape index (κ2) is 10.9. The SMILES string of the molecule is CC(=O)c1nn(CC(=O)N2C[C@@](F)(CF)C[C@H]2C(=O)Nc2nc(Br)ccc2C)c2ccc(-c3cnc(N)nc3)cc12. The molecule has 4 aromatic rings. The zero-order valence-corrected chi connectivity index (χ0v) is 23.7. The van der Waals surface area contributed by atoms with Crippen LogP contribution in [-0.2, 0) is 16.1 Å². The van der Waals surface area contributed by atoms with Crippen LogP contribution >= 0.6 is 15.9 Å². The normalized spacial score (nSPS) is 18.6. The van der Waals surface area contributed by atoms with Crippen LogP contribution in [0.25, 0.3) is 22.0 Å². The van der Waals surface area contributed by atoms with E-state index in [1.165, 1.54) is 11.6 Å². The summed E-state index contributed by atoms with van der Waals surface area (Å²) in [7, 11) is 0. The molecule has 14 heteroatoms. The Labute approximate surface area is 241 Å². The number of aryl methyl sites for hydroxylation is 1. The summed E-state index contributed by atoms with van der Waals surface area (Å²) in [4.78, 5) is 52.4. The van der Waals surface area contributed by atoms with E-state index in [0.717, 1.165) is 4.90 Å². The van der Waals surface area contributed by atoms with E-state index in [9.17, 15) is 18.8 Å². The van der Waals surface area contributed by atoms with Crippen molar-refractivity contribution in [1.82, 2.24) is 29.6 Å². The van der Waals surface area contributed by atoms with Gasteiger partial charge in [-0.3, -0.25) is 19.1 Å². The maximum Gasteiger partial charge on any atom is 0.248 e. The van der Waals surface area contributed by atoms with Gasteiger partial charge in [0.1, 0.15) is 35.4 Å². The van der Waals surface area contributed by atoms with Crippen molar-refractivity contribution in [3.8, 4) is 11.1 Å². The van der Waals surface area contributed by atoms with Crippen molar-refractivity contribution in [2.24, 2.45) is 0 Å². The van der Waals surface area contributed by atoms with Crippen LogP contribution in [0.15, 0.2) is 47.3 Å². The van der Waals surface area contributed by atoms with Crippen molar-refractivity contribution in [3.63, 3.8) is 0 Å². The number of fused-ring (bicyclic) bond motifs is 1. The van der Waals surface area contributed by atoms with E-state index in [1.54, 1.807) is 49.6 Å². The Bertz CT molecular complexity index is 1680. The third kappa shape index (κ3) is 5.64. The molecule has 4 heterocycles. The van der Waals surface area contributed by atoms with E-state index in [4.69, 9.17) is 5.73 Å². The van der Waals surface area contributed by atoms with Crippen molar-refractivity contribution >= 4 is 56.2 Å². The van der Waals surface area contributed by atoms with Gasteiger partial charge in [-0.05, 0) is 52.2 Å². The molecule has 1 aliphatic rings. The molecule has 212 valence electrons. The van der Waals surface area contributed by atoms with Gasteiger partial charge in [0.15, 0.2) is 11.5 Å². The van der Waals surface area contributed by atoms with Crippen molar-refractivity contribution < 1.29 is 23.2 Å². The molecule has 0 saturated carbocycles. The largest absolute Gasteiger partial charge is 0.368 e. The lowest BCUT2D eigenvalue weighted by Crippen LogP contribution is -2.45. The van der Waals surface area contributed by atoms with E-state index in [2.05, 4.69) is 41.3 Å². The Kier molecular flexibility index (Phi) is 7.51. The first-order chi connectivity index (χ1) is 19.5. The van der Waals surface area contributed by atoms with Crippen LogP contribution in [0.4, 0.5) is 20.5 Å². The molecular weight excluding hydrogens is 602 g/mol. The number of nitrogens with one attached hydrogen (secondary N) is 1. The lowest BCUT2D eigenvalue weighted by molar-refractivity contribution is -0.137. The highest BCUT2D eigenvalue weighted by Crippen LogP contribution is 2.33. The predicted octanol–water partition coefficient (Wildman–Crippen LogP) is 3.66. The highest BCUT2D eigenvalue weighted by Gasteiger charge is 2.49. The van der Waals surface area contributed by atoms with Gasteiger partial charge in [0, 0.05) is 36.7 Å². The van der Waals surface area contributed by atoms with Crippen LogP contribution in [0.5, 0.6) is 0 Å². The molecule has 2 atom stereocenters. The number of benzene rings is 1. The summed E-state index contributed by atoms with van der Waals surface area (Å²) in [6.07, 6.45) is 2.57. The van der Waals surface area contributed by atoms with Gasteiger partial charge < -0.3 is 16.0 Å². The van der Waals surface area contributed by atoms with E-state index in [0.29, 0.717) is 32.2 Å². The van der Waals surface area contributed by atoms with Crippen LogP contribution in [0.3, 0.4) is 0 Å². The number of anilines is 2. The molecule has 11 nitrogen and oxygen atoms in total. The highest BCUT2D eigenvalue weighted by atomic mass is 79.9. The number of carbonyl (C=O) groups excluding carboxylic acids is 3. The Morgan fingerprint density at radius 3 is 2.59 bits per heavy atom. The topological polar surface area (TPSA) is 149 Å². The van der Waals surface area contributed by atoms with Gasteiger partial charge >= 0.3 is 0 Å². The third-order valence-electron chi connectivity index (χ3n) is 6.93. The number of ketones is 1. The summed E-state index contributed by atoms with van der Waals surface area (Å²) in [6, 6.07) is 7.30. The molecule has 0 spiro atoms. The van der Waals surface area contributed by atoms with E-state index < -0.39 is 49.7 Å². The molecule has 1 saturated heterocycles. The minimum absolute atomic E-state index is 0.118. The standard InChI is InChI=1S/C27H25BrF2N8O3/c1-14-3-6-21(28)34-24(14)35-25(41)20-8-27(30,12-29)13-37(20)22(40)11-38-19-5-4-16(17-9-32-26(31)33-10-17)7-18(19)23(36-38)15(2)39/h3-7,9-10,20H,8,11-13H2,1-2H3,(H2,31,32,33)(H,34,35,41)/t20-,27-/m0/s1. The Morgan fingerprint density at radius 2 is 1.90 bits per heavy atom. The number of hydrogen-bond donors (Lipinski definition) is 2. The molecule has 41 heavy (non-hydrogen) atoms. The average Bonchev–Trinajstić information content (AvgIpc) is 3.49. The minimum Gasteiger partial charge on any atom is -0.368 e. The number of Topliss-reactive ketones (excluding diaryl/α,β-unsaturated/α-hetero) is 1. The number of halogens is 3. The quantitative estimate of drug-likeness (QED) is 0.233. The van der Waals surface area contributed by atoms with Crippen LogP contribution in [0.2, 0.25) is 0 Å². The molecule has 0 unspecified atom stereocenters. The van der Waals surface area contributed by atoms with Gasteiger partial charge in [-0.2, -0.15) is 5.10 Å². The number of rotatable bonds is 7. The van der Waals surface area contributed by atoms with Gasteiger partial charge in [0.05, 0.1) is 12.1 Å². The van der Waals surface area contributed by atoms with E-state index in [1.807, 2.05) is 0 Å². The number of aromatic nitrogens is 5. The molecule has 3 N–H and O–H groups in total. The number of nitrogen functional groups attached to an aromatic ring is 1. The molecule has 2 amide bonds. The van der Waals surface area contributed by atoms with Gasteiger partial charge in [-0.15, -0.1) is 0 Å². The number of pyridine rings is 1.